The maximum absolute atomic E-state index is 13.3. The average molecular weight is 305 g/mol. The molecule has 2 aromatic rings. The maximum Gasteiger partial charge on any atom is 0.264 e. The molecule has 114 valence electrons. The number of nitrogen functional groups attached to an aromatic ring is 1. The van der Waals surface area contributed by atoms with Gasteiger partial charge in [-0.3, -0.25) is 19.0 Å². The van der Waals surface area contributed by atoms with E-state index in [-0.39, 0.29) is 23.0 Å². The van der Waals surface area contributed by atoms with Crippen molar-refractivity contribution in [2.24, 2.45) is 0 Å². The number of nitrogens with two attached hydrogens (primary N) is 1. The number of Topliss-reactive ketones (excluding diaryl/α,β-unsaturated/α-hetero) is 2. The van der Waals surface area contributed by atoms with E-state index >= 15 is 0 Å². The predicted molar refractivity (Wildman–Crippen MR) is 82.7 cm³/mol. The molecule has 1 atom stereocenters. The molecule has 0 saturated heterocycles. The molecule has 0 radical (unpaired) electrons. The van der Waals surface area contributed by atoms with Crippen molar-refractivity contribution in [3.05, 3.63) is 34.4 Å². The summed E-state index contributed by atoms with van der Waals surface area (Å²) >= 11 is 0. The summed E-state index contributed by atoms with van der Waals surface area (Å²) < 4.78 is 47.7. The lowest BCUT2D eigenvalue weighted by molar-refractivity contribution is -0.136. The molecule has 1 aromatic carbocycles. The molecule has 6 nitrogen and oxygen atoms in total. The second-order valence-corrected chi connectivity index (χ2v) is 5.32. The zero-order valence-corrected chi connectivity index (χ0v) is 11.5. The highest BCUT2D eigenvalue weighted by molar-refractivity contribution is 6.05. The number of aromatic nitrogens is 2. The van der Waals surface area contributed by atoms with Crippen molar-refractivity contribution in [2.45, 2.75) is 38.5 Å². The molecule has 1 saturated carbocycles. The van der Waals surface area contributed by atoms with E-state index in [1.807, 2.05) is 0 Å². The number of benzene rings is 1. The Labute approximate surface area is 135 Å². The first kappa shape index (κ1) is 8.82. The van der Waals surface area contributed by atoms with Gasteiger partial charge in [-0.2, -0.15) is 0 Å². The molecule has 1 heterocycles. The van der Waals surface area contributed by atoms with Crippen LogP contribution in [-0.4, -0.2) is 21.1 Å². The predicted octanol–water partition coefficient (Wildman–Crippen LogP) is 1.32. The van der Waals surface area contributed by atoms with Crippen LogP contribution >= 0.6 is 0 Å². The van der Waals surface area contributed by atoms with Crippen molar-refractivity contribution in [1.82, 2.24) is 9.55 Å². The number of hydrogen-bond acceptors (Lipinski definition) is 5. The second-order valence-electron chi connectivity index (χ2n) is 5.32. The van der Waals surface area contributed by atoms with Gasteiger partial charge in [0.15, 0.2) is 5.78 Å². The Morgan fingerprint density at radius 1 is 1.36 bits per heavy atom. The Bertz CT molecular complexity index is 1060. The molecule has 3 rings (SSSR count). The van der Waals surface area contributed by atoms with Crippen LogP contribution in [0.1, 0.15) is 40.2 Å². The largest absolute Gasteiger partial charge is 0.398 e. The maximum atomic E-state index is 13.3. The number of anilines is 1. The van der Waals surface area contributed by atoms with Crippen molar-refractivity contribution in [3.63, 3.8) is 0 Å². The minimum absolute atomic E-state index is 0.0209. The van der Waals surface area contributed by atoms with E-state index < -0.39 is 55.0 Å². The summed E-state index contributed by atoms with van der Waals surface area (Å²) in [5.41, 5.74) is 2.26. The van der Waals surface area contributed by atoms with Gasteiger partial charge in [-0.1, -0.05) is 6.07 Å². The van der Waals surface area contributed by atoms with Gasteiger partial charge in [0, 0.05) is 20.3 Å². The van der Waals surface area contributed by atoms with Crippen LogP contribution in [0.3, 0.4) is 0 Å². The molecule has 1 aromatic heterocycles. The minimum atomic E-state index is -3.09. The standard InChI is InChI=1S/C16H17N3O3/c1-9-18-12-5-3-4-11(17)14(12)15(22)19(9)16(2)7-6-10(20)8-13(16)21/h3-5H,6-8,17H2,1-2H3/i1D3,2D3. The highest BCUT2D eigenvalue weighted by atomic mass is 16.2. The van der Waals surface area contributed by atoms with Crippen LogP contribution in [0.4, 0.5) is 5.69 Å². The molecule has 0 spiro atoms. The van der Waals surface area contributed by atoms with Crippen LogP contribution < -0.4 is 11.3 Å². The van der Waals surface area contributed by atoms with Crippen LogP contribution in [0.25, 0.3) is 10.9 Å². The third-order valence-electron chi connectivity index (χ3n) is 3.90. The van der Waals surface area contributed by atoms with Crippen LogP contribution in [-0.2, 0) is 15.1 Å². The minimum Gasteiger partial charge on any atom is -0.398 e. The molecule has 1 unspecified atom stereocenters. The number of rotatable bonds is 1. The highest BCUT2D eigenvalue weighted by Crippen LogP contribution is 2.30. The summed E-state index contributed by atoms with van der Waals surface area (Å²) in [6.45, 7) is -6.08. The van der Waals surface area contributed by atoms with Gasteiger partial charge >= 0.3 is 0 Å². The number of hydrogen-bond donors (Lipinski definition) is 1. The van der Waals surface area contributed by atoms with Crippen LogP contribution in [0.5, 0.6) is 0 Å². The fraction of sp³-hybridized carbons (Fsp3) is 0.375. The first-order chi connectivity index (χ1) is 12.8. The van der Waals surface area contributed by atoms with Gasteiger partial charge in [-0.05, 0) is 32.3 Å². The number of carbonyl (C=O) groups is 2. The Morgan fingerprint density at radius 3 is 2.86 bits per heavy atom. The summed E-state index contributed by atoms with van der Waals surface area (Å²) in [4.78, 5) is 41.8. The first-order valence-electron chi connectivity index (χ1n) is 9.68. The van der Waals surface area contributed by atoms with Gasteiger partial charge in [0.25, 0.3) is 5.56 Å². The molecule has 6 heteroatoms. The summed E-state index contributed by atoms with van der Waals surface area (Å²) in [5, 5.41) is -0.177. The van der Waals surface area contributed by atoms with Gasteiger partial charge in [0.05, 0.1) is 17.3 Å². The molecule has 0 amide bonds. The van der Waals surface area contributed by atoms with Crippen molar-refractivity contribution < 1.29 is 17.8 Å². The van der Waals surface area contributed by atoms with Crippen LogP contribution in [0.2, 0.25) is 0 Å². The molecular weight excluding hydrogens is 282 g/mol. The number of carbonyl (C=O) groups excluding carboxylic acids is 2. The Hall–Kier alpha value is -2.50. The summed E-state index contributed by atoms with van der Waals surface area (Å²) in [5.74, 6) is -2.33. The highest BCUT2D eigenvalue weighted by Gasteiger charge is 2.41. The summed E-state index contributed by atoms with van der Waals surface area (Å²) in [6.07, 6.45) is -1.50. The Kier molecular flexibility index (Phi) is 1.91. The monoisotopic (exact) mass is 305 g/mol. The van der Waals surface area contributed by atoms with Crippen LogP contribution in [0, 0.1) is 6.85 Å². The molecule has 0 aliphatic heterocycles. The number of aryl methyl sites for hydroxylation is 1. The molecule has 1 fully saturated rings. The average Bonchev–Trinajstić information content (AvgIpc) is 2.53. The van der Waals surface area contributed by atoms with Gasteiger partial charge in [0.1, 0.15) is 17.1 Å². The summed E-state index contributed by atoms with van der Waals surface area (Å²) in [7, 11) is 0. The zero-order valence-electron chi connectivity index (χ0n) is 17.5. The van der Waals surface area contributed by atoms with E-state index in [0.717, 1.165) is 0 Å². The van der Waals surface area contributed by atoms with Crippen molar-refractivity contribution in [2.75, 3.05) is 5.73 Å². The van der Waals surface area contributed by atoms with Gasteiger partial charge in [-0.25, -0.2) is 4.98 Å². The van der Waals surface area contributed by atoms with Crippen molar-refractivity contribution in [3.8, 4) is 0 Å². The van der Waals surface area contributed by atoms with E-state index in [1.165, 1.54) is 18.2 Å². The van der Waals surface area contributed by atoms with E-state index in [0.29, 0.717) is 4.57 Å². The Balaban J connectivity index is 2.54. The van der Waals surface area contributed by atoms with Gasteiger partial charge in [0.2, 0.25) is 0 Å². The van der Waals surface area contributed by atoms with E-state index in [4.69, 9.17) is 14.0 Å². The molecular formula is C16H17N3O3. The summed E-state index contributed by atoms with van der Waals surface area (Å²) in [6, 6.07) is 4.24. The van der Waals surface area contributed by atoms with Crippen molar-refractivity contribution >= 4 is 28.2 Å². The van der Waals surface area contributed by atoms with E-state index in [1.54, 1.807) is 0 Å². The number of ketones is 2. The topological polar surface area (TPSA) is 95.0 Å². The quantitative estimate of drug-likeness (QED) is 0.633. The lowest BCUT2D eigenvalue weighted by Crippen LogP contribution is -2.49. The van der Waals surface area contributed by atoms with Gasteiger partial charge < -0.3 is 5.73 Å². The molecule has 1 aliphatic carbocycles. The van der Waals surface area contributed by atoms with Gasteiger partial charge in [-0.15, -0.1) is 0 Å². The number of nitrogens with zero attached hydrogens (tertiary/aromatic N) is 2. The second kappa shape index (κ2) is 4.76. The van der Waals surface area contributed by atoms with E-state index in [2.05, 4.69) is 4.98 Å². The first-order valence-corrected chi connectivity index (χ1v) is 6.68. The molecule has 2 N–H and O–H groups in total. The fourth-order valence-corrected chi connectivity index (χ4v) is 2.72. The SMILES string of the molecule is [2H]C([2H])([2H])c1nc2cccc(N)c2c(=O)n1C1(C([2H])([2H])[2H])CCC(=O)CC1=O. The fourth-order valence-electron chi connectivity index (χ4n) is 2.72. The smallest absolute Gasteiger partial charge is 0.264 e. The lowest BCUT2D eigenvalue weighted by atomic mass is 9.81. The molecule has 0 bridgehead atoms. The number of fused-ring (bicyclic) bond motifs is 1. The Morgan fingerprint density at radius 2 is 2.18 bits per heavy atom. The van der Waals surface area contributed by atoms with E-state index in [9.17, 15) is 14.4 Å². The van der Waals surface area contributed by atoms with Crippen molar-refractivity contribution in [1.29, 1.82) is 0 Å². The van der Waals surface area contributed by atoms with Crippen LogP contribution in [0.15, 0.2) is 23.0 Å². The zero-order chi connectivity index (χ0) is 21.1. The molecule has 1 aliphatic rings. The molecule has 22 heavy (non-hydrogen) atoms. The normalized spacial score (nSPS) is 27.5. The lowest BCUT2D eigenvalue weighted by Gasteiger charge is -2.34. The third kappa shape index (κ3) is 1.94. The third-order valence-corrected chi connectivity index (χ3v) is 3.90.